The molecule has 0 atom stereocenters. The lowest BCUT2D eigenvalue weighted by Gasteiger charge is -2.19. The molecule has 4 nitrogen and oxygen atoms in total. The molecule has 2 rings (SSSR count). The first-order valence-electron chi connectivity index (χ1n) is 6.52. The number of nitrogens with one attached hydrogen (secondary N) is 1. The lowest BCUT2D eigenvalue weighted by atomic mass is 10.1. The van der Waals surface area contributed by atoms with Gasteiger partial charge in [-0.25, -0.2) is 4.98 Å². The van der Waals surface area contributed by atoms with Crippen LogP contribution < -0.4 is 10.1 Å². The summed E-state index contributed by atoms with van der Waals surface area (Å²) in [5.74, 6) is 0.884. The first kappa shape index (κ1) is 16.0. The zero-order valence-electron chi connectivity index (χ0n) is 12.2. The van der Waals surface area contributed by atoms with Crippen LogP contribution in [0.15, 0.2) is 30.6 Å². The molecule has 0 aliphatic heterocycles. The Morgan fingerprint density at radius 2 is 1.90 bits per heavy atom. The van der Waals surface area contributed by atoms with Crippen LogP contribution in [0.1, 0.15) is 26.5 Å². The van der Waals surface area contributed by atoms with Crippen LogP contribution in [0.3, 0.4) is 0 Å². The van der Waals surface area contributed by atoms with Crippen LogP contribution in [-0.4, -0.2) is 15.5 Å². The molecule has 0 unspecified atom stereocenters. The topological polar surface area (TPSA) is 47.0 Å². The molecule has 0 amide bonds. The molecular weight excluding hydrogens is 309 g/mol. The number of ether oxygens (including phenoxy) is 1. The van der Waals surface area contributed by atoms with Crippen LogP contribution in [-0.2, 0) is 6.54 Å². The number of rotatable bonds is 4. The molecule has 1 aromatic heterocycles. The van der Waals surface area contributed by atoms with E-state index in [1.165, 1.54) is 0 Å². The zero-order chi connectivity index (χ0) is 15.5. The second kappa shape index (κ2) is 6.60. The van der Waals surface area contributed by atoms with Crippen LogP contribution >= 0.6 is 23.2 Å². The zero-order valence-corrected chi connectivity index (χ0v) is 13.7. The van der Waals surface area contributed by atoms with E-state index in [2.05, 4.69) is 36.1 Å². The van der Waals surface area contributed by atoms with Gasteiger partial charge in [0, 0.05) is 17.1 Å². The summed E-state index contributed by atoms with van der Waals surface area (Å²) in [7, 11) is 0. The predicted octanol–water partition coefficient (Wildman–Crippen LogP) is 4.46. The lowest BCUT2D eigenvalue weighted by Crippen LogP contribution is -2.35. The van der Waals surface area contributed by atoms with Gasteiger partial charge in [-0.05, 0) is 39.0 Å². The molecule has 1 heterocycles. The maximum absolute atomic E-state index is 6.04. The summed E-state index contributed by atoms with van der Waals surface area (Å²) < 4.78 is 5.58. The highest BCUT2D eigenvalue weighted by Gasteiger charge is 2.10. The summed E-state index contributed by atoms with van der Waals surface area (Å²) >= 11 is 11.9. The molecule has 6 heteroatoms. The van der Waals surface area contributed by atoms with Gasteiger partial charge in [0.25, 0.3) is 0 Å². The van der Waals surface area contributed by atoms with E-state index in [0.717, 1.165) is 5.69 Å². The summed E-state index contributed by atoms with van der Waals surface area (Å²) in [6, 6.07) is 5.02. The van der Waals surface area contributed by atoms with Crippen LogP contribution in [0.4, 0.5) is 0 Å². The molecule has 0 bridgehead atoms. The molecule has 21 heavy (non-hydrogen) atoms. The highest BCUT2D eigenvalue weighted by molar-refractivity contribution is 6.35. The Kier molecular flexibility index (Phi) is 5.04. The highest BCUT2D eigenvalue weighted by atomic mass is 35.5. The molecule has 0 radical (unpaired) electrons. The van der Waals surface area contributed by atoms with Gasteiger partial charge in [-0.15, -0.1) is 0 Å². The Morgan fingerprint density at radius 3 is 2.48 bits per heavy atom. The predicted molar refractivity (Wildman–Crippen MR) is 85.2 cm³/mol. The van der Waals surface area contributed by atoms with Gasteiger partial charge in [0.2, 0.25) is 5.88 Å². The van der Waals surface area contributed by atoms with Gasteiger partial charge in [0.05, 0.1) is 23.1 Å². The fourth-order valence-corrected chi connectivity index (χ4v) is 1.96. The Labute approximate surface area is 134 Å². The van der Waals surface area contributed by atoms with Crippen molar-refractivity contribution >= 4 is 23.2 Å². The van der Waals surface area contributed by atoms with E-state index in [1.807, 2.05) is 0 Å². The van der Waals surface area contributed by atoms with E-state index >= 15 is 0 Å². The van der Waals surface area contributed by atoms with Crippen molar-refractivity contribution in [1.29, 1.82) is 0 Å². The number of benzene rings is 1. The minimum atomic E-state index is 0.0354. The Hall–Kier alpha value is -1.36. The van der Waals surface area contributed by atoms with Gasteiger partial charge in [0.1, 0.15) is 5.75 Å². The van der Waals surface area contributed by atoms with E-state index in [0.29, 0.717) is 28.2 Å². The largest absolute Gasteiger partial charge is 0.436 e. The van der Waals surface area contributed by atoms with E-state index in [9.17, 15) is 0 Å². The smallest absolute Gasteiger partial charge is 0.237 e. The van der Waals surface area contributed by atoms with Gasteiger partial charge in [-0.3, -0.25) is 4.98 Å². The second-order valence-corrected chi connectivity index (χ2v) is 6.47. The summed E-state index contributed by atoms with van der Waals surface area (Å²) in [6.07, 6.45) is 3.25. The number of nitrogens with zero attached hydrogens (tertiary/aromatic N) is 2. The Bertz CT molecular complexity index is 609. The average molecular weight is 326 g/mol. The van der Waals surface area contributed by atoms with Crippen molar-refractivity contribution in [3.8, 4) is 11.6 Å². The molecular formula is C15H17Cl2N3O. The SMILES string of the molecule is CC(C)(C)NCc1cnc(Oc2ccc(Cl)cc2Cl)cn1. The van der Waals surface area contributed by atoms with Crippen molar-refractivity contribution in [2.45, 2.75) is 32.9 Å². The lowest BCUT2D eigenvalue weighted by molar-refractivity contribution is 0.418. The normalized spacial score (nSPS) is 11.5. The second-order valence-electron chi connectivity index (χ2n) is 5.63. The third kappa shape index (κ3) is 5.16. The number of hydrogen-bond donors (Lipinski definition) is 1. The van der Waals surface area contributed by atoms with E-state index in [1.54, 1.807) is 30.6 Å². The Morgan fingerprint density at radius 1 is 1.14 bits per heavy atom. The molecule has 0 saturated heterocycles. The molecule has 0 aliphatic rings. The van der Waals surface area contributed by atoms with Crippen LogP contribution in [0, 0.1) is 0 Å². The fraction of sp³-hybridized carbons (Fsp3) is 0.333. The van der Waals surface area contributed by atoms with Crippen LogP contribution in [0.5, 0.6) is 11.6 Å². The van der Waals surface area contributed by atoms with Crippen LogP contribution in [0.25, 0.3) is 0 Å². The van der Waals surface area contributed by atoms with E-state index in [4.69, 9.17) is 27.9 Å². The minimum absolute atomic E-state index is 0.0354. The molecule has 1 aromatic carbocycles. The van der Waals surface area contributed by atoms with Gasteiger partial charge in [-0.1, -0.05) is 23.2 Å². The summed E-state index contributed by atoms with van der Waals surface area (Å²) in [4.78, 5) is 8.53. The number of hydrogen-bond acceptors (Lipinski definition) is 4. The molecule has 112 valence electrons. The van der Waals surface area contributed by atoms with Crippen molar-refractivity contribution < 1.29 is 4.74 Å². The maximum atomic E-state index is 6.04. The van der Waals surface area contributed by atoms with E-state index < -0.39 is 0 Å². The van der Waals surface area contributed by atoms with Crippen molar-refractivity contribution in [1.82, 2.24) is 15.3 Å². The summed E-state index contributed by atoms with van der Waals surface area (Å²) in [6.45, 7) is 6.94. The van der Waals surface area contributed by atoms with Gasteiger partial charge in [0.15, 0.2) is 0 Å². The monoisotopic (exact) mass is 325 g/mol. The third-order valence-electron chi connectivity index (χ3n) is 2.59. The van der Waals surface area contributed by atoms with Crippen LogP contribution in [0.2, 0.25) is 10.0 Å². The van der Waals surface area contributed by atoms with Gasteiger partial charge >= 0.3 is 0 Å². The van der Waals surface area contributed by atoms with Gasteiger partial charge in [-0.2, -0.15) is 0 Å². The van der Waals surface area contributed by atoms with Crippen molar-refractivity contribution in [2.75, 3.05) is 0 Å². The van der Waals surface area contributed by atoms with E-state index in [-0.39, 0.29) is 5.54 Å². The molecule has 0 spiro atoms. The molecule has 0 saturated carbocycles. The highest BCUT2D eigenvalue weighted by Crippen LogP contribution is 2.30. The molecule has 2 aromatic rings. The Balaban J connectivity index is 2.02. The molecule has 1 N–H and O–H groups in total. The molecule has 0 fully saturated rings. The first-order chi connectivity index (χ1) is 9.83. The summed E-state index contributed by atoms with van der Waals surface area (Å²) in [5.41, 5.74) is 0.882. The number of halogens is 2. The average Bonchev–Trinajstić information content (AvgIpc) is 2.40. The standard InChI is InChI=1S/C15H17Cl2N3O/c1-15(2,3)20-8-11-7-19-14(9-18-11)21-13-5-4-10(16)6-12(13)17/h4-7,9,20H,8H2,1-3H3. The fourth-order valence-electron chi connectivity index (χ4n) is 1.51. The third-order valence-corrected chi connectivity index (χ3v) is 3.12. The quantitative estimate of drug-likeness (QED) is 0.901. The summed E-state index contributed by atoms with van der Waals surface area (Å²) in [5, 5.41) is 4.33. The maximum Gasteiger partial charge on any atom is 0.237 e. The van der Waals surface area contributed by atoms with Gasteiger partial charge < -0.3 is 10.1 Å². The minimum Gasteiger partial charge on any atom is -0.436 e. The van der Waals surface area contributed by atoms with Crippen molar-refractivity contribution in [3.63, 3.8) is 0 Å². The number of aromatic nitrogens is 2. The molecule has 0 aliphatic carbocycles. The van der Waals surface area contributed by atoms with Crippen molar-refractivity contribution in [2.24, 2.45) is 0 Å². The van der Waals surface area contributed by atoms with Crippen molar-refractivity contribution in [3.05, 3.63) is 46.3 Å². The first-order valence-corrected chi connectivity index (χ1v) is 7.28.